The van der Waals surface area contributed by atoms with Gasteiger partial charge in [0.25, 0.3) is 0 Å². The van der Waals surface area contributed by atoms with Gasteiger partial charge >= 0.3 is 0 Å². The average Bonchev–Trinajstić information content (AvgIpc) is 2.38. The van der Waals surface area contributed by atoms with Crippen molar-refractivity contribution in [2.45, 2.75) is 11.4 Å². The number of nitrogens with zero attached hydrogens (tertiary/aromatic N) is 1. The third-order valence-corrected chi connectivity index (χ3v) is 2.74. The van der Waals surface area contributed by atoms with E-state index < -0.39 is 0 Å². The van der Waals surface area contributed by atoms with Crippen LogP contribution in [0, 0.1) is 4.91 Å². The molecule has 3 nitrogen and oxygen atoms in total. The highest BCUT2D eigenvalue weighted by atomic mass is 32.1. The number of thiol groups is 1. The summed E-state index contributed by atoms with van der Waals surface area (Å²) >= 11 is 4.22. The minimum absolute atomic E-state index is 0.478. The Kier molecular flexibility index (Phi) is 3.77. The first kappa shape index (κ1) is 11.7. The molecule has 0 aliphatic rings. The smallest absolute Gasteiger partial charge is 0.112 e. The maximum atomic E-state index is 10.6. The molecule has 2 rings (SSSR count). The van der Waals surface area contributed by atoms with Gasteiger partial charge in [-0.2, -0.15) is 0 Å². The molecule has 4 heteroatoms. The summed E-state index contributed by atoms with van der Waals surface area (Å²) < 4.78 is 0. The van der Waals surface area contributed by atoms with Crippen molar-refractivity contribution in [1.82, 2.24) is 0 Å². The zero-order valence-electron chi connectivity index (χ0n) is 9.13. The predicted octanol–water partition coefficient (Wildman–Crippen LogP) is 3.99. The van der Waals surface area contributed by atoms with Gasteiger partial charge in [-0.25, -0.2) is 0 Å². The number of benzene rings is 2. The van der Waals surface area contributed by atoms with Gasteiger partial charge in [0.15, 0.2) is 0 Å². The van der Waals surface area contributed by atoms with Crippen LogP contribution in [0.15, 0.2) is 58.6 Å². The van der Waals surface area contributed by atoms with E-state index in [0.717, 1.165) is 16.1 Å². The summed E-state index contributed by atoms with van der Waals surface area (Å²) in [5.74, 6) is 0. The molecule has 0 fully saturated rings. The minimum Gasteiger partial charge on any atom is -0.381 e. The quantitative estimate of drug-likeness (QED) is 0.631. The van der Waals surface area contributed by atoms with E-state index in [9.17, 15) is 4.91 Å². The van der Waals surface area contributed by atoms with Gasteiger partial charge in [0.1, 0.15) is 5.69 Å². The number of hydrogen-bond donors (Lipinski definition) is 2. The van der Waals surface area contributed by atoms with Crippen LogP contribution in [-0.4, -0.2) is 0 Å². The van der Waals surface area contributed by atoms with E-state index in [2.05, 4.69) is 23.1 Å². The fraction of sp³-hybridized carbons (Fsp3) is 0.0769. The fourth-order valence-electron chi connectivity index (χ4n) is 1.53. The van der Waals surface area contributed by atoms with Crippen LogP contribution in [-0.2, 0) is 6.54 Å². The molecule has 0 atom stereocenters. The van der Waals surface area contributed by atoms with Gasteiger partial charge in [0, 0.05) is 22.7 Å². The molecule has 0 aliphatic heterocycles. The van der Waals surface area contributed by atoms with Crippen molar-refractivity contribution in [1.29, 1.82) is 0 Å². The summed E-state index contributed by atoms with van der Waals surface area (Å²) in [5.41, 5.74) is 2.35. The molecule has 0 unspecified atom stereocenters. The lowest BCUT2D eigenvalue weighted by molar-refractivity contribution is 1.14. The normalized spacial score (nSPS) is 9.94. The van der Waals surface area contributed by atoms with Crippen LogP contribution in [0.2, 0.25) is 0 Å². The van der Waals surface area contributed by atoms with Crippen LogP contribution in [0.3, 0.4) is 0 Å². The van der Waals surface area contributed by atoms with E-state index >= 15 is 0 Å². The molecular formula is C13H12N2OS. The van der Waals surface area contributed by atoms with E-state index in [1.165, 1.54) is 0 Å². The molecule has 0 saturated heterocycles. The van der Waals surface area contributed by atoms with Crippen molar-refractivity contribution in [2.24, 2.45) is 5.18 Å². The topological polar surface area (TPSA) is 41.5 Å². The zero-order chi connectivity index (χ0) is 12.1. The van der Waals surface area contributed by atoms with Gasteiger partial charge in [-0.15, -0.1) is 17.5 Å². The lowest BCUT2D eigenvalue weighted by Gasteiger charge is -2.07. The largest absolute Gasteiger partial charge is 0.381 e. The molecule has 0 radical (unpaired) electrons. The first-order valence-corrected chi connectivity index (χ1v) is 5.68. The molecular weight excluding hydrogens is 232 g/mol. The Morgan fingerprint density at radius 2 is 1.76 bits per heavy atom. The van der Waals surface area contributed by atoms with Gasteiger partial charge in [0.2, 0.25) is 0 Å². The van der Waals surface area contributed by atoms with Crippen molar-refractivity contribution in [3.8, 4) is 0 Å². The molecule has 86 valence electrons. The molecule has 0 spiro atoms. The summed E-state index contributed by atoms with van der Waals surface area (Å²) in [5, 5.41) is 6.22. The molecule has 17 heavy (non-hydrogen) atoms. The van der Waals surface area contributed by atoms with Crippen molar-refractivity contribution in [2.75, 3.05) is 5.32 Å². The van der Waals surface area contributed by atoms with Gasteiger partial charge < -0.3 is 5.32 Å². The average molecular weight is 244 g/mol. The molecule has 0 aliphatic carbocycles. The summed E-state index contributed by atoms with van der Waals surface area (Å²) in [6.07, 6.45) is 0. The van der Waals surface area contributed by atoms with Crippen LogP contribution < -0.4 is 5.32 Å². The SMILES string of the molecule is O=Nc1ccccc1CNc1ccc(S)cc1. The fourth-order valence-corrected chi connectivity index (χ4v) is 1.68. The maximum absolute atomic E-state index is 10.6. The van der Waals surface area contributed by atoms with E-state index in [1.54, 1.807) is 12.1 Å². The van der Waals surface area contributed by atoms with Crippen LogP contribution >= 0.6 is 12.6 Å². The molecule has 0 bridgehead atoms. The van der Waals surface area contributed by atoms with Gasteiger partial charge in [-0.1, -0.05) is 18.2 Å². The third kappa shape index (κ3) is 3.07. The molecule has 2 aromatic rings. The number of hydrogen-bond acceptors (Lipinski definition) is 4. The van der Waals surface area contributed by atoms with E-state index in [1.807, 2.05) is 36.4 Å². The molecule has 0 saturated carbocycles. The lowest BCUT2D eigenvalue weighted by Crippen LogP contribution is -1.99. The number of rotatable bonds is 4. The highest BCUT2D eigenvalue weighted by Gasteiger charge is 2.01. The molecule has 0 aromatic heterocycles. The zero-order valence-corrected chi connectivity index (χ0v) is 10.0. The third-order valence-electron chi connectivity index (χ3n) is 2.44. The Labute approximate surface area is 105 Å². The summed E-state index contributed by atoms with van der Waals surface area (Å²) in [4.78, 5) is 11.5. The van der Waals surface area contributed by atoms with E-state index in [0.29, 0.717) is 12.2 Å². The predicted molar refractivity (Wildman–Crippen MR) is 72.9 cm³/mol. The van der Waals surface area contributed by atoms with Crippen molar-refractivity contribution < 1.29 is 0 Å². The molecule has 1 N–H and O–H groups in total. The minimum atomic E-state index is 0.478. The lowest BCUT2D eigenvalue weighted by atomic mass is 10.2. The Hall–Kier alpha value is -1.81. The first-order valence-electron chi connectivity index (χ1n) is 5.24. The molecule has 0 heterocycles. The monoisotopic (exact) mass is 244 g/mol. The van der Waals surface area contributed by atoms with Gasteiger partial charge in [-0.05, 0) is 35.5 Å². The Balaban J connectivity index is 2.07. The van der Waals surface area contributed by atoms with E-state index in [4.69, 9.17) is 0 Å². The van der Waals surface area contributed by atoms with Crippen LogP contribution in [0.4, 0.5) is 11.4 Å². The Bertz CT molecular complexity index is 511. The molecule has 2 aromatic carbocycles. The van der Waals surface area contributed by atoms with Crippen LogP contribution in [0.25, 0.3) is 0 Å². The van der Waals surface area contributed by atoms with Gasteiger partial charge in [0.05, 0.1) is 0 Å². The second-order valence-corrected chi connectivity index (χ2v) is 4.14. The van der Waals surface area contributed by atoms with Crippen molar-refractivity contribution in [3.63, 3.8) is 0 Å². The number of nitrogens with one attached hydrogen (secondary N) is 1. The highest BCUT2D eigenvalue weighted by Crippen LogP contribution is 2.20. The van der Waals surface area contributed by atoms with E-state index in [-0.39, 0.29) is 0 Å². The summed E-state index contributed by atoms with van der Waals surface area (Å²) in [6.45, 7) is 0.577. The van der Waals surface area contributed by atoms with Crippen molar-refractivity contribution >= 4 is 24.0 Å². The Morgan fingerprint density at radius 3 is 2.47 bits per heavy atom. The second kappa shape index (κ2) is 5.50. The van der Waals surface area contributed by atoms with Crippen LogP contribution in [0.1, 0.15) is 5.56 Å². The Morgan fingerprint density at radius 1 is 1.06 bits per heavy atom. The molecule has 0 amide bonds. The van der Waals surface area contributed by atoms with Gasteiger partial charge in [-0.3, -0.25) is 0 Å². The standard InChI is InChI=1S/C13H12N2OS/c16-15-13-4-2-1-3-10(13)9-14-11-5-7-12(17)8-6-11/h1-8,14,17H,9H2. The number of anilines is 1. The maximum Gasteiger partial charge on any atom is 0.112 e. The number of nitroso groups, excluding NO2 is 1. The summed E-state index contributed by atoms with van der Waals surface area (Å²) in [6, 6.07) is 15.0. The highest BCUT2D eigenvalue weighted by molar-refractivity contribution is 7.80. The summed E-state index contributed by atoms with van der Waals surface area (Å²) in [7, 11) is 0. The second-order valence-electron chi connectivity index (χ2n) is 3.62. The van der Waals surface area contributed by atoms with Crippen molar-refractivity contribution in [3.05, 3.63) is 59.0 Å². The van der Waals surface area contributed by atoms with Crippen LogP contribution in [0.5, 0.6) is 0 Å². The first-order chi connectivity index (χ1) is 8.29.